The molecule has 0 radical (unpaired) electrons. The monoisotopic (exact) mass is 313 g/mol. The molecule has 0 atom stereocenters. The van der Waals surface area contributed by atoms with Crippen molar-refractivity contribution in [3.05, 3.63) is 65.0 Å². The van der Waals surface area contributed by atoms with Crippen LogP contribution in [0.15, 0.2) is 42.5 Å². The lowest BCUT2D eigenvalue weighted by atomic mass is 10.1. The van der Waals surface area contributed by atoms with Crippen LogP contribution < -0.4 is 0 Å². The van der Waals surface area contributed by atoms with E-state index >= 15 is 0 Å². The number of nitrogens with zero attached hydrogens (tertiary/aromatic N) is 1. The van der Waals surface area contributed by atoms with Gasteiger partial charge in [0.25, 0.3) is 0 Å². The molecular weight excluding hydrogens is 294 g/mol. The number of carbonyl (C=O) groups is 2. The Morgan fingerprint density at radius 2 is 1.74 bits per heavy atom. The van der Waals surface area contributed by atoms with Gasteiger partial charge in [-0.25, -0.2) is 9.59 Å². The van der Waals surface area contributed by atoms with Gasteiger partial charge >= 0.3 is 11.9 Å². The second-order valence-electron chi connectivity index (χ2n) is 5.08. The third kappa shape index (κ3) is 4.92. The summed E-state index contributed by atoms with van der Waals surface area (Å²) in [4.78, 5) is 27.8. The Balaban J connectivity index is 1.84. The predicted molar refractivity (Wildman–Crippen MR) is 85.4 cm³/mol. The van der Waals surface area contributed by atoms with E-state index in [0.717, 1.165) is 17.8 Å². The fourth-order valence-corrected chi connectivity index (χ4v) is 2.13. The van der Waals surface area contributed by atoms with E-state index < -0.39 is 11.9 Å². The average Bonchev–Trinajstić information content (AvgIpc) is 2.58. The molecule has 0 saturated carbocycles. The maximum atomic E-state index is 12.0. The number of hydrogen-bond donors (Lipinski definition) is 0. The molecule has 5 heteroatoms. The number of hydrogen-bond acceptors (Lipinski definition) is 5. The number of benzene rings is 1. The van der Waals surface area contributed by atoms with Crippen LogP contribution in [0.3, 0.4) is 0 Å². The van der Waals surface area contributed by atoms with Crippen molar-refractivity contribution in [1.29, 1.82) is 0 Å². The van der Waals surface area contributed by atoms with E-state index in [0.29, 0.717) is 24.2 Å². The van der Waals surface area contributed by atoms with Crippen molar-refractivity contribution >= 4 is 11.9 Å². The van der Waals surface area contributed by atoms with E-state index in [9.17, 15) is 9.59 Å². The van der Waals surface area contributed by atoms with Crippen LogP contribution in [0, 0.1) is 6.92 Å². The quantitative estimate of drug-likeness (QED) is 0.606. The summed E-state index contributed by atoms with van der Waals surface area (Å²) < 4.78 is 9.86. The first-order chi connectivity index (χ1) is 11.1. The van der Waals surface area contributed by atoms with E-state index in [4.69, 9.17) is 4.74 Å². The fourth-order valence-electron chi connectivity index (χ4n) is 2.13. The van der Waals surface area contributed by atoms with Crippen molar-refractivity contribution in [2.24, 2.45) is 0 Å². The molecule has 0 N–H and O–H groups in total. The smallest absolute Gasteiger partial charge is 0.338 e. The first kappa shape index (κ1) is 16.7. The summed E-state index contributed by atoms with van der Waals surface area (Å²) in [7, 11) is 1.30. The van der Waals surface area contributed by atoms with Crippen LogP contribution in [0.1, 0.15) is 38.5 Å². The van der Waals surface area contributed by atoms with E-state index in [1.54, 1.807) is 18.2 Å². The lowest BCUT2D eigenvalue weighted by molar-refractivity contribution is 0.0500. The summed E-state index contributed by atoms with van der Waals surface area (Å²) >= 11 is 0. The first-order valence-corrected chi connectivity index (χ1v) is 7.38. The van der Waals surface area contributed by atoms with Crippen molar-refractivity contribution in [1.82, 2.24) is 4.98 Å². The molecule has 1 heterocycles. The van der Waals surface area contributed by atoms with Gasteiger partial charge in [0.2, 0.25) is 0 Å². The van der Waals surface area contributed by atoms with Gasteiger partial charge in [-0.3, -0.25) is 4.98 Å². The van der Waals surface area contributed by atoms with Crippen LogP contribution in [0.25, 0.3) is 0 Å². The SMILES string of the molecule is COC(=O)c1cccc(C(=O)OCCCc2cccc(C)n2)c1. The molecule has 0 aliphatic carbocycles. The van der Waals surface area contributed by atoms with E-state index in [1.165, 1.54) is 13.2 Å². The van der Waals surface area contributed by atoms with Crippen molar-refractivity contribution in [3.63, 3.8) is 0 Å². The molecule has 1 aromatic carbocycles. The molecule has 0 aliphatic heterocycles. The molecule has 0 spiro atoms. The van der Waals surface area contributed by atoms with Gasteiger partial charge in [0.1, 0.15) is 0 Å². The Morgan fingerprint density at radius 3 is 2.43 bits per heavy atom. The molecule has 0 unspecified atom stereocenters. The molecular formula is C18H19NO4. The van der Waals surface area contributed by atoms with Crippen molar-refractivity contribution < 1.29 is 19.1 Å². The zero-order valence-electron chi connectivity index (χ0n) is 13.2. The Labute approximate surface area is 135 Å². The Bertz CT molecular complexity index is 697. The average molecular weight is 313 g/mol. The largest absolute Gasteiger partial charge is 0.465 e. The van der Waals surface area contributed by atoms with E-state index in [-0.39, 0.29) is 0 Å². The molecule has 0 fully saturated rings. The third-order valence-corrected chi connectivity index (χ3v) is 3.28. The summed E-state index contributed by atoms with van der Waals surface area (Å²) in [6.45, 7) is 2.24. The second-order valence-corrected chi connectivity index (χ2v) is 5.08. The highest BCUT2D eigenvalue weighted by Gasteiger charge is 2.11. The van der Waals surface area contributed by atoms with Gasteiger partial charge in [0.15, 0.2) is 0 Å². The van der Waals surface area contributed by atoms with E-state index in [1.807, 2.05) is 25.1 Å². The van der Waals surface area contributed by atoms with Crippen LogP contribution in [-0.2, 0) is 15.9 Å². The minimum Gasteiger partial charge on any atom is -0.465 e. The lowest BCUT2D eigenvalue weighted by Crippen LogP contribution is -2.09. The zero-order chi connectivity index (χ0) is 16.7. The number of pyridine rings is 1. The minimum atomic E-state index is -0.481. The van der Waals surface area contributed by atoms with Crippen LogP contribution in [0.2, 0.25) is 0 Å². The number of aromatic nitrogens is 1. The number of ether oxygens (including phenoxy) is 2. The molecule has 0 amide bonds. The first-order valence-electron chi connectivity index (χ1n) is 7.38. The molecule has 2 aromatic rings. The van der Waals surface area contributed by atoms with Gasteiger partial charge < -0.3 is 9.47 Å². The molecule has 120 valence electrons. The molecule has 2 rings (SSSR count). The summed E-state index contributed by atoms with van der Waals surface area (Å²) in [6.07, 6.45) is 1.44. The number of carbonyl (C=O) groups excluding carboxylic acids is 2. The fraction of sp³-hybridized carbons (Fsp3) is 0.278. The Kier molecular flexibility index (Phi) is 5.86. The van der Waals surface area contributed by atoms with Gasteiger partial charge in [-0.15, -0.1) is 0 Å². The van der Waals surface area contributed by atoms with Crippen LogP contribution in [-0.4, -0.2) is 30.6 Å². The maximum absolute atomic E-state index is 12.0. The van der Waals surface area contributed by atoms with Crippen molar-refractivity contribution in [2.45, 2.75) is 19.8 Å². The molecule has 0 saturated heterocycles. The third-order valence-electron chi connectivity index (χ3n) is 3.28. The predicted octanol–water partition coefficient (Wildman–Crippen LogP) is 2.97. The molecule has 23 heavy (non-hydrogen) atoms. The van der Waals surface area contributed by atoms with Gasteiger partial charge in [-0.2, -0.15) is 0 Å². The minimum absolute atomic E-state index is 0.302. The lowest BCUT2D eigenvalue weighted by Gasteiger charge is -2.06. The van der Waals surface area contributed by atoms with Crippen LogP contribution >= 0.6 is 0 Å². The molecule has 5 nitrogen and oxygen atoms in total. The van der Waals surface area contributed by atoms with Gasteiger partial charge in [-0.05, 0) is 50.1 Å². The maximum Gasteiger partial charge on any atom is 0.338 e. The number of aryl methyl sites for hydroxylation is 2. The number of rotatable bonds is 6. The Morgan fingerprint density at radius 1 is 1.04 bits per heavy atom. The second kappa shape index (κ2) is 8.08. The van der Waals surface area contributed by atoms with E-state index in [2.05, 4.69) is 9.72 Å². The van der Waals surface area contributed by atoms with Crippen LogP contribution in [0.5, 0.6) is 0 Å². The summed E-state index contributed by atoms with van der Waals surface area (Å²) in [5.74, 6) is -0.932. The molecule has 1 aromatic heterocycles. The zero-order valence-corrected chi connectivity index (χ0v) is 13.2. The number of esters is 2. The summed E-state index contributed by atoms with van der Waals surface area (Å²) in [5.41, 5.74) is 2.61. The highest BCUT2D eigenvalue weighted by Crippen LogP contribution is 2.09. The highest BCUT2D eigenvalue weighted by molar-refractivity contribution is 5.95. The van der Waals surface area contributed by atoms with Gasteiger partial charge in [0, 0.05) is 11.4 Å². The van der Waals surface area contributed by atoms with Gasteiger partial charge in [-0.1, -0.05) is 12.1 Å². The summed E-state index contributed by atoms with van der Waals surface area (Å²) in [6, 6.07) is 12.1. The molecule has 0 aliphatic rings. The molecule has 0 bridgehead atoms. The normalized spacial score (nSPS) is 10.2. The highest BCUT2D eigenvalue weighted by atomic mass is 16.5. The Hall–Kier alpha value is -2.69. The van der Waals surface area contributed by atoms with Crippen molar-refractivity contribution in [3.8, 4) is 0 Å². The summed E-state index contributed by atoms with van der Waals surface area (Å²) in [5, 5.41) is 0. The van der Waals surface area contributed by atoms with Crippen molar-refractivity contribution in [2.75, 3.05) is 13.7 Å². The number of methoxy groups -OCH3 is 1. The van der Waals surface area contributed by atoms with Gasteiger partial charge in [0.05, 0.1) is 24.8 Å². The standard InChI is InChI=1S/C18H19NO4/c1-13-6-3-9-16(19-13)10-5-11-23-18(21)15-8-4-7-14(12-15)17(20)22-2/h3-4,6-9,12H,5,10-11H2,1-2H3. The topological polar surface area (TPSA) is 65.5 Å². The van der Waals surface area contributed by atoms with Crippen LogP contribution in [0.4, 0.5) is 0 Å².